The second-order valence-electron chi connectivity index (χ2n) is 5.56. The summed E-state index contributed by atoms with van der Waals surface area (Å²) in [6, 6.07) is 7.26. The maximum absolute atomic E-state index is 11.8. The molecular formula is C20H26O6. The smallest absolute Gasteiger partial charge is 0.335 e. The largest absolute Gasteiger partial charge is 0.459 e. The van der Waals surface area contributed by atoms with Gasteiger partial charge in [0.1, 0.15) is 13.2 Å². The van der Waals surface area contributed by atoms with E-state index in [-0.39, 0.29) is 26.4 Å². The molecule has 0 spiro atoms. The van der Waals surface area contributed by atoms with E-state index < -0.39 is 24.1 Å². The van der Waals surface area contributed by atoms with Crippen molar-refractivity contribution in [2.24, 2.45) is 0 Å². The Hall–Kier alpha value is -2.44. The summed E-state index contributed by atoms with van der Waals surface area (Å²) < 4.78 is 20.9. The van der Waals surface area contributed by atoms with Gasteiger partial charge in [-0.2, -0.15) is 0 Å². The lowest BCUT2D eigenvalue weighted by molar-refractivity contribution is -0.157. The highest BCUT2D eigenvalue weighted by Crippen LogP contribution is 2.10. The fourth-order valence-corrected chi connectivity index (χ4v) is 1.91. The molecule has 0 amide bonds. The summed E-state index contributed by atoms with van der Waals surface area (Å²) in [5.41, 5.74) is 1.58. The van der Waals surface area contributed by atoms with Crippen LogP contribution in [0.15, 0.2) is 49.6 Å². The maximum atomic E-state index is 11.8. The fraction of sp³-hybridized carbons (Fsp3) is 0.400. The van der Waals surface area contributed by atoms with Gasteiger partial charge < -0.3 is 18.9 Å². The number of carbonyl (C=O) groups is 2. The van der Waals surface area contributed by atoms with Crippen LogP contribution in [0.1, 0.15) is 25.0 Å². The summed E-state index contributed by atoms with van der Waals surface area (Å²) in [4.78, 5) is 23.6. The summed E-state index contributed by atoms with van der Waals surface area (Å²) in [5, 5.41) is 0. The van der Waals surface area contributed by atoms with Gasteiger partial charge in [-0.05, 0) is 31.0 Å². The van der Waals surface area contributed by atoms with Crippen molar-refractivity contribution in [2.75, 3.05) is 13.2 Å². The Bertz CT molecular complexity index is 561. The third-order valence-corrected chi connectivity index (χ3v) is 3.35. The van der Waals surface area contributed by atoms with E-state index in [9.17, 15) is 9.59 Å². The average molecular weight is 362 g/mol. The minimum Gasteiger partial charge on any atom is -0.459 e. The SMILES string of the molecule is C=CCOC(C)C(=O)OCc1cccc(COC(=O)C(C)OCC=C)c1. The van der Waals surface area contributed by atoms with E-state index >= 15 is 0 Å². The van der Waals surface area contributed by atoms with E-state index in [1.54, 1.807) is 26.0 Å². The molecule has 2 atom stereocenters. The minimum atomic E-state index is -0.658. The Balaban J connectivity index is 2.47. The summed E-state index contributed by atoms with van der Waals surface area (Å²) in [6.07, 6.45) is 1.82. The van der Waals surface area contributed by atoms with Gasteiger partial charge in [-0.15, -0.1) is 13.2 Å². The van der Waals surface area contributed by atoms with Crippen molar-refractivity contribution in [1.29, 1.82) is 0 Å². The van der Waals surface area contributed by atoms with E-state index in [4.69, 9.17) is 18.9 Å². The first-order chi connectivity index (χ1) is 12.5. The molecule has 26 heavy (non-hydrogen) atoms. The Morgan fingerprint density at radius 3 is 1.73 bits per heavy atom. The van der Waals surface area contributed by atoms with Gasteiger partial charge in [0, 0.05) is 0 Å². The molecule has 1 aromatic carbocycles. The third-order valence-electron chi connectivity index (χ3n) is 3.35. The first kappa shape index (κ1) is 21.6. The van der Waals surface area contributed by atoms with Crippen molar-refractivity contribution in [2.45, 2.75) is 39.3 Å². The molecule has 2 unspecified atom stereocenters. The molecule has 0 aliphatic heterocycles. The Morgan fingerprint density at radius 1 is 0.923 bits per heavy atom. The molecular weight excluding hydrogens is 336 g/mol. The summed E-state index contributed by atoms with van der Waals surface area (Å²) in [6.45, 7) is 11.1. The van der Waals surface area contributed by atoms with E-state index in [1.807, 2.05) is 24.3 Å². The maximum Gasteiger partial charge on any atom is 0.335 e. The molecule has 0 saturated heterocycles. The lowest BCUT2D eigenvalue weighted by Gasteiger charge is -2.13. The van der Waals surface area contributed by atoms with Gasteiger partial charge in [-0.3, -0.25) is 0 Å². The van der Waals surface area contributed by atoms with Crippen LogP contribution in [0.2, 0.25) is 0 Å². The first-order valence-corrected chi connectivity index (χ1v) is 8.34. The van der Waals surface area contributed by atoms with Gasteiger partial charge >= 0.3 is 11.9 Å². The van der Waals surface area contributed by atoms with Crippen LogP contribution in [0.4, 0.5) is 0 Å². The van der Waals surface area contributed by atoms with Crippen molar-refractivity contribution in [1.82, 2.24) is 0 Å². The van der Waals surface area contributed by atoms with Gasteiger partial charge in [-0.1, -0.05) is 30.4 Å². The monoisotopic (exact) mass is 362 g/mol. The second kappa shape index (κ2) is 12.0. The number of esters is 2. The molecule has 0 bridgehead atoms. The van der Waals surface area contributed by atoms with Crippen molar-refractivity contribution in [3.8, 4) is 0 Å². The van der Waals surface area contributed by atoms with Gasteiger partial charge in [0.05, 0.1) is 13.2 Å². The van der Waals surface area contributed by atoms with Crippen LogP contribution in [0.3, 0.4) is 0 Å². The Labute approximate surface area is 154 Å². The topological polar surface area (TPSA) is 71.1 Å². The molecule has 0 saturated carbocycles. The number of hydrogen-bond acceptors (Lipinski definition) is 6. The molecule has 0 heterocycles. The van der Waals surface area contributed by atoms with E-state index in [1.165, 1.54) is 0 Å². The number of benzene rings is 1. The van der Waals surface area contributed by atoms with E-state index in [0.717, 1.165) is 11.1 Å². The van der Waals surface area contributed by atoms with E-state index in [0.29, 0.717) is 0 Å². The summed E-state index contributed by atoms with van der Waals surface area (Å²) in [7, 11) is 0. The molecule has 0 N–H and O–H groups in total. The predicted octanol–water partition coefficient (Wildman–Crippen LogP) is 2.96. The summed E-state index contributed by atoms with van der Waals surface area (Å²) >= 11 is 0. The van der Waals surface area contributed by atoms with Crippen LogP contribution in [-0.4, -0.2) is 37.4 Å². The standard InChI is InChI=1S/C20H26O6/c1-5-10-23-15(3)19(21)25-13-17-8-7-9-18(12-17)14-26-20(22)16(4)24-11-6-2/h5-9,12,15-16H,1-2,10-11,13-14H2,3-4H3. The predicted molar refractivity (Wildman–Crippen MR) is 97.3 cm³/mol. The average Bonchev–Trinajstić information content (AvgIpc) is 2.66. The second-order valence-corrected chi connectivity index (χ2v) is 5.56. The minimum absolute atomic E-state index is 0.112. The summed E-state index contributed by atoms with van der Waals surface area (Å²) in [5.74, 6) is -0.895. The van der Waals surface area contributed by atoms with Gasteiger partial charge in [0.25, 0.3) is 0 Å². The Morgan fingerprint density at radius 2 is 1.35 bits per heavy atom. The van der Waals surface area contributed by atoms with Crippen LogP contribution in [0.25, 0.3) is 0 Å². The van der Waals surface area contributed by atoms with Gasteiger partial charge in [-0.25, -0.2) is 9.59 Å². The molecule has 0 fully saturated rings. The van der Waals surface area contributed by atoms with E-state index in [2.05, 4.69) is 13.2 Å². The van der Waals surface area contributed by atoms with Crippen LogP contribution < -0.4 is 0 Å². The highest BCUT2D eigenvalue weighted by atomic mass is 16.6. The van der Waals surface area contributed by atoms with Crippen LogP contribution >= 0.6 is 0 Å². The number of carbonyl (C=O) groups excluding carboxylic acids is 2. The van der Waals surface area contributed by atoms with Crippen LogP contribution in [0.5, 0.6) is 0 Å². The molecule has 0 aliphatic carbocycles. The lowest BCUT2D eigenvalue weighted by atomic mass is 10.1. The molecule has 1 aromatic rings. The number of hydrogen-bond donors (Lipinski definition) is 0. The molecule has 142 valence electrons. The third kappa shape index (κ3) is 8.09. The van der Waals surface area contributed by atoms with Gasteiger partial charge in [0.15, 0.2) is 12.2 Å². The quantitative estimate of drug-likeness (QED) is 0.421. The first-order valence-electron chi connectivity index (χ1n) is 8.34. The van der Waals surface area contributed by atoms with Crippen molar-refractivity contribution in [3.05, 3.63) is 60.7 Å². The lowest BCUT2D eigenvalue weighted by Crippen LogP contribution is -2.23. The molecule has 1 rings (SSSR count). The van der Waals surface area contributed by atoms with Crippen LogP contribution in [0, 0.1) is 0 Å². The fourth-order valence-electron chi connectivity index (χ4n) is 1.91. The molecule has 6 nitrogen and oxygen atoms in total. The Kier molecular flexibility index (Phi) is 9.97. The highest BCUT2D eigenvalue weighted by Gasteiger charge is 2.16. The molecule has 6 heteroatoms. The van der Waals surface area contributed by atoms with Crippen molar-refractivity contribution >= 4 is 11.9 Å². The van der Waals surface area contributed by atoms with Crippen molar-refractivity contribution < 1.29 is 28.5 Å². The molecule has 0 radical (unpaired) electrons. The zero-order valence-electron chi connectivity index (χ0n) is 15.3. The van der Waals surface area contributed by atoms with Crippen molar-refractivity contribution in [3.63, 3.8) is 0 Å². The van der Waals surface area contributed by atoms with Crippen LogP contribution in [-0.2, 0) is 41.8 Å². The number of ether oxygens (including phenoxy) is 4. The highest BCUT2D eigenvalue weighted by molar-refractivity contribution is 5.74. The number of rotatable bonds is 12. The normalized spacial score (nSPS) is 12.7. The zero-order chi connectivity index (χ0) is 19.4. The zero-order valence-corrected chi connectivity index (χ0v) is 15.3. The van der Waals surface area contributed by atoms with Gasteiger partial charge in [0.2, 0.25) is 0 Å². The molecule has 0 aliphatic rings. The molecule has 0 aromatic heterocycles.